The molecule has 0 fully saturated rings. The molecule has 0 heterocycles. The molecule has 0 nitrogen and oxygen atoms in total. The first-order valence-corrected chi connectivity index (χ1v) is 3.00. The molecule has 0 amide bonds. The van der Waals surface area contributed by atoms with Crippen LogP contribution in [0.25, 0.3) is 0 Å². The lowest BCUT2D eigenvalue weighted by Gasteiger charge is -2.02. The van der Waals surface area contributed by atoms with Crippen LogP contribution < -0.4 is 0 Å². The van der Waals surface area contributed by atoms with Gasteiger partial charge in [-0.05, 0) is 18.4 Å². The number of hydrogen-bond acceptors (Lipinski definition) is 0. The zero-order valence-corrected chi connectivity index (χ0v) is 4.72. The molecule has 0 saturated heterocycles. The minimum absolute atomic E-state index is 1.18. The molecule has 0 atom stereocenters. The SMILES string of the molecule is C1=CC2=CC=C(C1)C2. The zero-order valence-electron chi connectivity index (χ0n) is 4.72. The minimum Gasteiger partial charge on any atom is -0.0802 e. The van der Waals surface area contributed by atoms with Crippen molar-refractivity contribution in [2.45, 2.75) is 12.8 Å². The predicted molar refractivity (Wildman–Crippen MR) is 34.5 cm³/mol. The van der Waals surface area contributed by atoms with Crippen molar-refractivity contribution in [1.82, 2.24) is 0 Å². The van der Waals surface area contributed by atoms with Gasteiger partial charge >= 0.3 is 0 Å². The average Bonchev–Trinajstić information content (AvgIpc) is 2.12. The van der Waals surface area contributed by atoms with Crippen molar-refractivity contribution in [1.29, 1.82) is 0 Å². The fraction of sp³-hybridized carbons (Fsp3) is 0.250. The topological polar surface area (TPSA) is 0 Å². The van der Waals surface area contributed by atoms with E-state index in [-0.39, 0.29) is 0 Å². The van der Waals surface area contributed by atoms with Gasteiger partial charge in [0.2, 0.25) is 0 Å². The van der Waals surface area contributed by atoms with Gasteiger partial charge in [0.25, 0.3) is 0 Å². The van der Waals surface area contributed by atoms with Crippen LogP contribution in [0.4, 0.5) is 0 Å². The molecule has 0 heteroatoms. The first kappa shape index (κ1) is 4.13. The minimum atomic E-state index is 1.18. The van der Waals surface area contributed by atoms with Gasteiger partial charge < -0.3 is 0 Å². The van der Waals surface area contributed by atoms with Crippen LogP contribution in [0.5, 0.6) is 0 Å². The highest BCUT2D eigenvalue weighted by atomic mass is 14.1. The average molecular weight is 104 g/mol. The highest BCUT2D eigenvalue weighted by molar-refractivity contribution is 5.41. The fourth-order valence-corrected chi connectivity index (χ4v) is 1.22. The molecule has 0 aromatic heterocycles. The Hall–Kier alpha value is -0.780. The quantitative estimate of drug-likeness (QED) is 0.442. The van der Waals surface area contributed by atoms with Gasteiger partial charge in [-0.2, -0.15) is 0 Å². The smallest absolute Gasteiger partial charge is 0.00610 e. The number of allylic oxidation sites excluding steroid dienone is 6. The Kier molecular flexibility index (Phi) is 0.696. The summed E-state index contributed by atoms with van der Waals surface area (Å²) in [6.07, 6.45) is 11.3. The van der Waals surface area contributed by atoms with Crippen molar-refractivity contribution in [3.63, 3.8) is 0 Å². The Morgan fingerprint density at radius 1 is 1.25 bits per heavy atom. The molecule has 0 aromatic rings. The molecule has 0 radical (unpaired) electrons. The number of hydrogen-bond donors (Lipinski definition) is 0. The van der Waals surface area contributed by atoms with E-state index in [1.807, 2.05) is 0 Å². The van der Waals surface area contributed by atoms with Gasteiger partial charge in [0.15, 0.2) is 0 Å². The van der Waals surface area contributed by atoms with Crippen LogP contribution >= 0.6 is 0 Å². The van der Waals surface area contributed by atoms with E-state index in [0.717, 1.165) is 0 Å². The van der Waals surface area contributed by atoms with Gasteiger partial charge in [-0.15, -0.1) is 0 Å². The summed E-state index contributed by atoms with van der Waals surface area (Å²) in [6.45, 7) is 0. The summed E-state index contributed by atoms with van der Waals surface area (Å²) in [4.78, 5) is 0. The lowest BCUT2D eigenvalue weighted by molar-refractivity contribution is 1.07. The van der Waals surface area contributed by atoms with Crippen molar-refractivity contribution in [2.75, 3.05) is 0 Å². The van der Waals surface area contributed by atoms with E-state index < -0.39 is 0 Å². The molecule has 2 aliphatic carbocycles. The van der Waals surface area contributed by atoms with Crippen LogP contribution in [0.1, 0.15) is 12.8 Å². The molecule has 2 aliphatic rings. The van der Waals surface area contributed by atoms with Gasteiger partial charge in [0.05, 0.1) is 0 Å². The summed E-state index contributed by atoms with van der Waals surface area (Å²) in [7, 11) is 0. The molecule has 0 spiro atoms. The molecule has 0 saturated carbocycles. The third-order valence-electron chi connectivity index (χ3n) is 1.68. The van der Waals surface area contributed by atoms with Gasteiger partial charge in [-0.3, -0.25) is 0 Å². The molecule has 0 aromatic carbocycles. The Labute approximate surface area is 49.2 Å². The Morgan fingerprint density at radius 2 is 2.25 bits per heavy atom. The second kappa shape index (κ2) is 1.35. The number of rotatable bonds is 0. The molecule has 2 bridgehead atoms. The molecule has 0 N–H and O–H groups in total. The van der Waals surface area contributed by atoms with E-state index in [0.29, 0.717) is 0 Å². The summed E-state index contributed by atoms with van der Waals surface area (Å²) in [6, 6.07) is 0. The first-order valence-electron chi connectivity index (χ1n) is 3.00. The van der Waals surface area contributed by atoms with Gasteiger partial charge in [-0.1, -0.05) is 29.9 Å². The summed E-state index contributed by atoms with van der Waals surface area (Å²) >= 11 is 0. The highest BCUT2D eigenvalue weighted by Crippen LogP contribution is 2.27. The zero-order chi connectivity index (χ0) is 5.40. The van der Waals surface area contributed by atoms with Crippen LogP contribution in [0.2, 0.25) is 0 Å². The molecule has 0 aliphatic heterocycles. The summed E-state index contributed by atoms with van der Waals surface area (Å²) < 4.78 is 0. The standard InChI is InChI=1S/C8H8/c1-2-7-4-5-8(3-1)6-7/h1-2,4-5H,3,6H2. The van der Waals surface area contributed by atoms with Crippen molar-refractivity contribution < 1.29 is 0 Å². The van der Waals surface area contributed by atoms with Crippen LogP contribution in [0.3, 0.4) is 0 Å². The number of fused-ring (bicyclic) bond motifs is 2. The lowest BCUT2D eigenvalue weighted by atomic mass is 10.0. The van der Waals surface area contributed by atoms with Crippen LogP contribution in [-0.2, 0) is 0 Å². The second-order valence-electron chi connectivity index (χ2n) is 2.35. The largest absolute Gasteiger partial charge is 0.0802 e. The maximum Gasteiger partial charge on any atom is -0.00610 e. The van der Waals surface area contributed by atoms with E-state index in [4.69, 9.17) is 0 Å². The molecular weight excluding hydrogens is 96.1 g/mol. The molecular formula is C8H8. The fourth-order valence-electron chi connectivity index (χ4n) is 1.22. The Morgan fingerprint density at radius 3 is 3.00 bits per heavy atom. The summed E-state index contributed by atoms with van der Waals surface area (Å²) in [5, 5.41) is 0. The van der Waals surface area contributed by atoms with Crippen molar-refractivity contribution in [3.8, 4) is 0 Å². The molecule has 8 heavy (non-hydrogen) atoms. The second-order valence-corrected chi connectivity index (χ2v) is 2.35. The maximum absolute atomic E-state index is 2.23. The van der Waals surface area contributed by atoms with E-state index in [1.54, 1.807) is 5.57 Å². The van der Waals surface area contributed by atoms with Crippen LogP contribution in [0, 0.1) is 0 Å². The lowest BCUT2D eigenvalue weighted by Crippen LogP contribution is -1.83. The third-order valence-corrected chi connectivity index (χ3v) is 1.68. The molecule has 2 rings (SSSR count). The summed E-state index contributed by atoms with van der Waals surface area (Å²) in [5.41, 5.74) is 3.05. The maximum atomic E-state index is 2.23. The molecule has 0 unspecified atom stereocenters. The first-order chi connectivity index (χ1) is 3.95. The van der Waals surface area contributed by atoms with E-state index >= 15 is 0 Å². The molecule has 40 valence electrons. The van der Waals surface area contributed by atoms with Gasteiger partial charge in [0.1, 0.15) is 0 Å². The van der Waals surface area contributed by atoms with Crippen molar-refractivity contribution >= 4 is 0 Å². The summed E-state index contributed by atoms with van der Waals surface area (Å²) in [5.74, 6) is 0. The Balaban J connectivity index is 2.46. The predicted octanol–water partition coefficient (Wildman–Crippen LogP) is 2.20. The Bertz CT molecular complexity index is 192. The van der Waals surface area contributed by atoms with E-state index in [1.165, 1.54) is 18.4 Å². The van der Waals surface area contributed by atoms with Gasteiger partial charge in [0, 0.05) is 0 Å². The van der Waals surface area contributed by atoms with E-state index in [9.17, 15) is 0 Å². The third kappa shape index (κ3) is 0.460. The monoisotopic (exact) mass is 104 g/mol. The normalized spacial score (nSPS) is 23.0. The van der Waals surface area contributed by atoms with E-state index in [2.05, 4.69) is 24.3 Å². The van der Waals surface area contributed by atoms with Crippen molar-refractivity contribution in [3.05, 3.63) is 35.5 Å². The van der Waals surface area contributed by atoms with Crippen LogP contribution in [-0.4, -0.2) is 0 Å². The van der Waals surface area contributed by atoms with Crippen LogP contribution in [0.15, 0.2) is 35.5 Å². The van der Waals surface area contributed by atoms with Gasteiger partial charge in [-0.25, -0.2) is 0 Å². The highest BCUT2D eigenvalue weighted by Gasteiger charge is 2.07. The van der Waals surface area contributed by atoms with Crippen molar-refractivity contribution in [2.24, 2.45) is 0 Å².